The fourth-order valence-corrected chi connectivity index (χ4v) is 4.02. The van der Waals surface area contributed by atoms with Crippen LogP contribution in [0.15, 0.2) is 46.1 Å². The van der Waals surface area contributed by atoms with E-state index in [0.29, 0.717) is 4.57 Å². The van der Waals surface area contributed by atoms with Crippen LogP contribution in [0.1, 0.15) is 21.4 Å². The van der Waals surface area contributed by atoms with E-state index in [-0.39, 0.29) is 18.1 Å². The summed E-state index contributed by atoms with van der Waals surface area (Å²) in [7, 11) is -2.92. The van der Waals surface area contributed by atoms with Gasteiger partial charge in [-0.25, -0.2) is 14.4 Å². The number of aromatic nitrogens is 2. The molecule has 1 aromatic carbocycles. The standard InChI is InChI=1S/C19H24N3O10P/c1-10(16(25)26)21-33(29)32-12-5-3-4-11(8-12)30-9-13-15(24)19(2,28)17(31-13)22-14(23)6-7-20-18(22)27/h3-8,10,13,15,17,24,28,33H,9H2,1-2H3,(H,20,27)(H,21,29)(H,25,26)/t10?,13-,15-,17-,19-/m1/s1/i7D. The predicted molar refractivity (Wildman–Crippen MR) is 114 cm³/mol. The van der Waals surface area contributed by atoms with Gasteiger partial charge in [-0.15, -0.1) is 0 Å². The molecular formula is C19H24N3O10P. The molecule has 33 heavy (non-hydrogen) atoms. The molecule has 0 amide bonds. The van der Waals surface area contributed by atoms with Gasteiger partial charge in [0.15, 0.2) is 6.23 Å². The molecule has 1 saturated heterocycles. The molecule has 13 nitrogen and oxygen atoms in total. The van der Waals surface area contributed by atoms with Crippen molar-refractivity contribution in [3.05, 3.63) is 57.3 Å². The smallest absolute Gasteiger partial charge is 0.330 e. The van der Waals surface area contributed by atoms with Crippen LogP contribution >= 0.6 is 8.18 Å². The van der Waals surface area contributed by atoms with E-state index in [1.807, 2.05) is 0 Å². The third kappa shape index (κ3) is 5.52. The van der Waals surface area contributed by atoms with Gasteiger partial charge in [0.1, 0.15) is 42.0 Å². The van der Waals surface area contributed by atoms with Crippen LogP contribution in [0.2, 0.25) is 0 Å². The predicted octanol–water partition coefficient (Wildman–Crippen LogP) is -0.544. The molecule has 180 valence electrons. The second-order valence-corrected chi connectivity index (χ2v) is 8.57. The average molecular weight is 486 g/mol. The lowest BCUT2D eigenvalue weighted by molar-refractivity contribution is -0.138. The fraction of sp³-hybridized carbons (Fsp3) is 0.421. The Morgan fingerprint density at radius 2 is 2.12 bits per heavy atom. The molecule has 2 unspecified atom stereocenters. The highest BCUT2D eigenvalue weighted by atomic mass is 31.1. The van der Waals surface area contributed by atoms with E-state index < -0.39 is 61.6 Å². The highest BCUT2D eigenvalue weighted by Crippen LogP contribution is 2.37. The molecule has 1 aliphatic rings. The number of rotatable bonds is 9. The maximum Gasteiger partial charge on any atom is 0.330 e. The monoisotopic (exact) mass is 486 g/mol. The molecule has 0 saturated carbocycles. The molecular weight excluding hydrogens is 461 g/mol. The summed E-state index contributed by atoms with van der Waals surface area (Å²) >= 11 is 0. The van der Waals surface area contributed by atoms with E-state index in [0.717, 1.165) is 6.07 Å². The second kappa shape index (κ2) is 9.89. The van der Waals surface area contributed by atoms with Crippen LogP contribution in [-0.4, -0.2) is 61.3 Å². The number of nitrogens with zero attached hydrogens (tertiary/aromatic N) is 1. The van der Waals surface area contributed by atoms with Gasteiger partial charge in [0, 0.05) is 18.3 Å². The van der Waals surface area contributed by atoms with Crippen LogP contribution in [0.25, 0.3) is 0 Å². The van der Waals surface area contributed by atoms with E-state index >= 15 is 0 Å². The molecule has 0 aliphatic carbocycles. The van der Waals surface area contributed by atoms with Gasteiger partial charge >= 0.3 is 19.8 Å². The summed E-state index contributed by atoms with van der Waals surface area (Å²) in [6.45, 7) is 2.20. The van der Waals surface area contributed by atoms with Crippen molar-refractivity contribution in [2.24, 2.45) is 0 Å². The summed E-state index contributed by atoms with van der Waals surface area (Å²) < 4.78 is 36.3. The molecule has 6 atom stereocenters. The van der Waals surface area contributed by atoms with E-state index in [4.69, 9.17) is 20.5 Å². The number of carboxylic acids is 1. The molecule has 1 fully saturated rings. The van der Waals surface area contributed by atoms with Gasteiger partial charge in [0.05, 0.1) is 1.37 Å². The maximum atomic E-state index is 12.2. The summed E-state index contributed by atoms with van der Waals surface area (Å²) in [6, 6.07) is 5.64. The van der Waals surface area contributed by atoms with E-state index in [2.05, 4.69) is 10.1 Å². The van der Waals surface area contributed by atoms with Crippen molar-refractivity contribution < 1.29 is 40.0 Å². The third-order valence-corrected chi connectivity index (χ3v) is 6.05. The minimum absolute atomic E-state index is 0.123. The molecule has 5 N–H and O–H groups in total. The molecule has 1 aliphatic heterocycles. The Kier molecular flexibility index (Phi) is 6.96. The Balaban J connectivity index is 1.69. The van der Waals surface area contributed by atoms with Crippen molar-refractivity contribution in [1.29, 1.82) is 0 Å². The SMILES string of the molecule is [2H]c1cc(=O)n([C@@H]2O[C@H](COc3cccc(O[PH](=O)NC(C)C(=O)O)c3)[C@@H](O)[C@@]2(C)O)c(=O)[nH]1. The molecule has 0 spiro atoms. The van der Waals surface area contributed by atoms with Crippen molar-refractivity contribution in [3.8, 4) is 11.5 Å². The number of H-pyrrole nitrogens is 1. The van der Waals surface area contributed by atoms with Crippen molar-refractivity contribution in [2.75, 3.05) is 6.61 Å². The number of carbonyl (C=O) groups is 1. The lowest BCUT2D eigenvalue weighted by atomic mass is 9.96. The Morgan fingerprint density at radius 3 is 2.79 bits per heavy atom. The van der Waals surface area contributed by atoms with Crippen LogP contribution in [-0.2, 0) is 14.1 Å². The van der Waals surface area contributed by atoms with Crippen LogP contribution in [0.3, 0.4) is 0 Å². The van der Waals surface area contributed by atoms with Gasteiger partial charge in [-0.2, -0.15) is 0 Å². The highest BCUT2D eigenvalue weighted by molar-refractivity contribution is 7.37. The number of hydrogen-bond donors (Lipinski definition) is 5. The number of aliphatic hydroxyl groups excluding tert-OH is 1. The minimum atomic E-state index is -2.92. The van der Waals surface area contributed by atoms with Gasteiger partial charge in [-0.05, 0) is 26.0 Å². The summed E-state index contributed by atoms with van der Waals surface area (Å²) in [5.41, 5.74) is -3.91. The quantitative estimate of drug-likeness (QED) is 0.286. The first-order valence-electron chi connectivity index (χ1n) is 10.2. The van der Waals surface area contributed by atoms with Gasteiger partial charge in [-0.3, -0.25) is 14.2 Å². The van der Waals surface area contributed by atoms with Crippen molar-refractivity contribution in [1.82, 2.24) is 14.6 Å². The summed E-state index contributed by atoms with van der Waals surface area (Å²) in [5.74, 6) is -0.855. The van der Waals surface area contributed by atoms with Gasteiger partial charge in [0.2, 0.25) is 0 Å². The maximum absolute atomic E-state index is 12.2. The lowest BCUT2D eigenvalue weighted by Crippen LogP contribution is -2.49. The van der Waals surface area contributed by atoms with Gasteiger partial charge in [-0.1, -0.05) is 6.07 Å². The number of benzene rings is 1. The molecule has 0 bridgehead atoms. The third-order valence-electron chi connectivity index (χ3n) is 4.96. The summed E-state index contributed by atoms with van der Waals surface area (Å²) in [4.78, 5) is 37.3. The Hall–Kier alpha value is -2.96. The van der Waals surface area contributed by atoms with Crippen molar-refractivity contribution in [2.45, 2.75) is 43.9 Å². The minimum Gasteiger partial charge on any atom is -0.491 e. The van der Waals surface area contributed by atoms with Gasteiger partial charge in [0.25, 0.3) is 5.56 Å². The summed E-state index contributed by atoms with van der Waals surface area (Å²) in [5, 5.41) is 32.4. The second-order valence-electron chi connectivity index (χ2n) is 7.50. The van der Waals surface area contributed by atoms with Crippen molar-refractivity contribution >= 4 is 14.1 Å². The van der Waals surface area contributed by atoms with Gasteiger partial charge < -0.3 is 34.3 Å². The molecule has 14 heteroatoms. The first kappa shape index (κ1) is 23.2. The normalized spacial score (nSPS) is 26.9. The zero-order valence-electron chi connectivity index (χ0n) is 18.5. The number of ether oxygens (including phenoxy) is 2. The number of aromatic amines is 1. The Morgan fingerprint density at radius 1 is 1.42 bits per heavy atom. The number of aliphatic hydroxyl groups is 2. The fourth-order valence-electron chi connectivity index (χ4n) is 3.15. The molecule has 1 aromatic heterocycles. The topological polar surface area (TPSA) is 189 Å². The first-order valence-corrected chi connectivity index (χ1v) is 11.0. The van der Waals surface area contributed by atoms with E-state index in [1.54, 1.807) is 0 Å². The van der Waals surface area contributed by atoms with Crippen LogP contribution < -0.4 is 25.6 Å². The zero-order valence-corrected chi connectivity index (χ0v) is 18.5. The lowest BCUT2D eigenvalue weighted by Gasteiger charge is -2.26. The number of aliphatic carboxylic acids is 1. The van der Waals surface area contributed by atoms with Crippen LogP contribution in [0.5, 0.6) is 11.5 Å². The highest BCUT2D eigenvalue weighted by Gasteiger charge is 2.54. The average Bonchev–Trinajstić information content (AvgIpc) is 2.95. The van der Waals surface area contributed by atoms with Crippen LogP contribution in [0.4, 0.5) is 0 Å². The number of nitrogens with one attached hydrogen (secondary N) is 2. The van der Waals surface area contributed by atoms with Crippen LogP contribution in [0, 0.1) is 0 Å². The molecule has 0 radical (unpaired) electrons. The zero-order chi connectivity index (χ0) is 25.2. The molecule has 2 aromatic rings. The summed E-state index contributed by atoms with van der Waals surface area (Å²) in [6.07, 6.45) is -4.65. The largest absolute Gasteiger partial charge is 0.491 e. The van der Waals surface area contributed by atoms with E-state index in [9.17, 15) is 29.2 Å². The Labute approximate surface area is 188 Å². The molecule has 2 heterocycles. The van der Waals surface area contributed by atoms with Crippen molar-refractivity contribution in [3.63, 3.8) is 0 Å². The Bertz CT molecular complexity index is 1170. The molecule has 3 rings (SSSR count). The number of carboxylic acid groups (broad SMARTS) is 1. The number of hydrogen-bond acceptors (Lipinski definition) is 9. The first-order chi connectivity index (χ1) is 15.9. The van der Waals surface area contributed by atoms with E-state index in [1.165, 1.54) is 38.1 Å².